The normalized spacial score (nSPS) is 17.3. The van der Waals surface area contributed by atoms with Gasteiger partial charge in [0.15, 0.2) is 0 Å². The van der Waals surface area contributed by atoms with Gasteiger partial charge in [0.05, 0.1) is 18.2 Å². The summed E-state index contributed by atoms with van der Waals surface area (Å²) in [5, 5.41) is 8.77. The molecule has 0 spiro atoms. The van der Waals surface area contributed by atoms with Crippen molar-refractivity contribution in [1.29, 1.82) is 5.26 Å². The Morgan fingerprint density at radius 3 is 2.32 bits per heavy atom. The van der Waals surface area contributed by atoms with Crippen LogP contribution in [0.4, 0.5) is 0 Å². The predicted molar refractivity (Wildman–Crippen MR) is 74.8 cm³/mol. The van der Waals surface area contributed by atoms with Gasteiger partial charge in [-0.15, -0.1) is 0 Å². The minimum atomic E-state index is 0.730. The van der Waals surface area contributed by atoms with Crippen molar-refractivity contribution in [3.05, 3.63) is 35.4 Å². The van der Waals surface area contributed by atoms with E-state index in [2.05, 4.69) is 28.0 Å². The van der Waals surface area contributed by atoms with E-state index in [9.17, 15) is 0 Å². The zero-order chi connectivity index (χ0) is 13.5. The molecule has 0 atom stereocenters. The Balaban J connectivity index is 1.77. The average molecular weight is 259 g/mol. The van der Waals surface area contributed by atoms with Crippen molar-refractivity contribution in [1.82, 2.24) is 9.80 Å². The molecule has 2 rings (SSSR count). The lowest BCUT2D eigenvalue weighted by Crippen LogP contribution is -2.46. The van der Waals surface area contributed by atoms with E-state index in [1.807, 2.05) is 12.1 Å². The molecule has 19 heavy (non-hydrogen) atoms. The maximum absolute atomic E-state index is 8.77. The number of benzene rings is 1. The Bertz CT molecular complexity index is 416. The zero-order valence-corrected chi connectivity index (χ0v) is 11.5. The van der Waals surface area contributed by atoms with Gasteiger partial charge in [-0.25, -0.2) is 0 Å². The Kier molecular flexibility index (Phi) is 5.34. The number of piperazine rings is 1. The topological polar surface area (TPSA) is 39.5 Å². The fraction of sp³-hybridized carbons (Fsp3) is 0.533. The Labute approximate surface area is 115 Å². The quantitative estimate of drug-likeness (QED) is 0.799. The van der Waals surface area contributed by atoms with Gasteiger partial charge in [0.1, 0.15) is 0 Å². The van der Waals surface area contributed by atoms with Crippen LogP contribution in [-0.4, -0.2) is 56.2 Å². The first-order valence-corrected chi connectivity index (χ1v) is 6.74. The van der Waals surface area contributed by atoms with Crippen LogP contribution in [0.25, 0.3) is 0 Å². The Morgan fingerprint density at radius 2 is 1.74 bits per heavy atom. The molecule has 4 heteroatoms. The fourth-order valence-electron chi connectivity index (χ4n) is 2.33. The first-order chi connectivity index (χ1) is 9.31. The molecule has 0 aliphatic carbocycles. The molecule has 1 heterocycles. The summed E-state index contributed by atoms with van der Waals surface area (Å²) >= 11 is 0. The minimum Gasteiger partial charge on any atom is -0.383 e. The molecule has 1 aromatic rings. The lowest BCUT2D eigenvalue weighted by molar-refractivity contribution is 0.0938. The van der Waals surface area contributed by atoms with Crippen LogP contribution in [0.15, 0.2) is 24.3 Å². The van der Waals surface area contributed by atoms with E-state index < -0.39 is 0 Å². The maximum atomic E-state index is 8.77. The largest absolute Gasteiger partial charge is 0.383 e. The van der Waals surface area contributed by atoms with Gasteiger partial charge in [0.25, 0.3) is 0 Å². The molecule has 0 radical (unpaired) electrons. The Morgan fingerprint density at radius 1 is 1.11 bits per heavy atom. The molecule has 0 unspecified atom stereocenters. The number of nitriles is 1. The molecule has 0 saturated carbocycles. The number of ether oxygens (including phenoxy) is 1. The molecule has 0 N–H and O–H groups in total. The molecule has 0 aromatic heterocycles. The van der Waals surface area contributed by atoms with Crippen LogP contribution in [-0.2, 0) is 11.3 Å². The molecular formula is C15H21N3O. The van der Waals surface area contributed by atoms with E-state index in [1.165, 1.54) is 5.56 Å². The number of rotatable bonds is 5. The highest BCUT2D eigenvalue weighted by molar-refractivity contribution is 5.31. The third-order valence-electron chi connectivity index (χ3n) is 3.57. The lowest BCUT2D eigenvalue weighted by Gasteiger charge is -2.34. The van der Waals surface area contributed by atoms with Gasteiger partial charge < -0.3 is 4.74 Å². The maximum Gasteiger partial charge on any atom is 0.0991 e. The van der Waals surface area contributed by atoms with E-state index in [1.54, 1.807) is 7.11 Å². The van der Waals surface area contributed by atoms with Gasteiger partial charge in [0, 0.05) is 46.4 Å². The van der Waals surface area contributed by atoms with E-state index >= 15 is 0 Å². The third kappa shape index (κ3) is 4.32. The summed E-state index contributed by atoms with van der Waals surface area (Å²) < 4.78 is 5.11. The van der Waals surface area contributed by atoms with Crippen molar-refractivity contribution in [2.75, 3.05) is 46.4 Å². The van der Waals surface area contributed by atoms with Gasteiger partial charge in [-0.05, 0) is 17.7 Å². The molecular weight excluding hydrogens is 238 g/mol. The zero-order valence-electron chi connectivity index (χ0n) is 11.5. The average Bonchev–Trinajstić information content (AvgIpc) is 2.47. The van der Waals surface area contributed by atoms with Gasteiger partial charge in [-0.3, -0.25) is 9.80 Å². The van der Waals surface area contributed by atoms with Crippen LogP contribution in [0.3, 0.4) is 0 Å². The SMILES string of the molecule is COCCN1CCN(Cc2ccc(C#N)cc2)CC1. The number of nitrogens with zero attached hydrogens (tertiary/aromatic N) is 3. The summed E-state index contributed by atoms with van der Waals surface area (Å²) in [7, 11) is 1.75. The predicted octanol–water partition coefficient (Wildman–Crippen LogP) is 1.32. The van der Waals surface area contributed by atoms with Crippen LogP contribution in [0, 0.1) is 11.3 Å². The lowest BCUT2D eigenvalue weighted by atomic mass is 10.1. The molecule has 1 aromatic carbocycles. The highest BCUT2D eigenvalue weighted by atomic mass is 16.5. The monoisotopic (exact) mass is 259 g/mol. The highest BCUT2D eigenvalue weighted by Gasteiger charge is 2.16. The third-order valence-corrected chi connectivity index (χ3v) is 3.57. The summed E-state index contributed by atoms with van der Waals surface area (Å²) in [6.45, 7) is 7.24. The van der Waals surface area contributed by atoms with Crippen LogP contribution in [0.2, 0.25) is 0 Å². The minimum absolute atomic E-state index is 0.730. The van der Waals surface area contributed by atoms with Crippen LogP contribution < -0.4 is 0 Å². The van der Waals surface area contributed by atoms with E-state index in [4.69, 9.17) is 10.00 Å². The standard InChI is InChI=1S/C15H21N3O/c1-19-11-10-17-6-8-18(9-7-17)13-15-4-2-14(12-16)3-5-15/h2-5H,6-11,13H2,1H3. The van der Waals surface area contributed by atoms with Gasteiger partial charge in [-0.1, -0.05) is 12.1 Å². The molecule has 1 aliphatic heterocycles. The van der Waals surface area contributed by atoms with E-state index in [0.717, 1.165) is 51.4 Å². The Hall–Kier alpha value is -1.41. The molecule has 1 fully saturated rings. The second-order valence-corrected chi connectivity index (χ2v) is 4.92. The van der Waals surface area contributed by atoms with Gasteiger partial charge in [0.2, 0.25) is 0 Å². The highest BCUT2D eigenvalue weighted by Crippen LogP contribution is 2.09. The van der Waals surface area contributed by atoms with Crippen molar-refractivity contribution in [3.8, 4) is 6.07 Å². The summed E-state index contributed by atoms with van der Waals surface area (Å²) in [6.07, 6.45) is 0. The smallest absolute Gasteiger partial charge is 0.0991 e. The van der Waals surface area contributed by atoms with Crippen LogP contribution in [0.1, 0.15) is 11.1 Å². The summed E-state index contributed by atoms with van der Waals surface area (Å²) in [4.78, 5) is 4.91. The summed E-state index contributed by atoms with van der Waals surface area (Å²) in [6, 6.07) is 10.0. The van der Waals surface area contributed by atoms with Crippen molar-refractivity contribution in [2.24, 2.45) is 0 Å². The summed E-state index contributed by atoms with van der Waals surface area (Å²) in [5.41, 5.74) is 2.01. The fourth-order valence-corrected chi connectivity index (χ4v) is 2.33. The molecule has 0 amide bonds. The second kappa shape index (κ2) is 7.25. The van der Waals surface area contributed by atoms with Gasteiger partial charge in [-0.2, -0.15) is 5.26 Å². The number of methoxy groups -OCH3 is 1. The van der Waals surface area contributed by atoms with Crippen molar-refractivity contribution in [3.63, 3.8) is 0 Å². The van der Waals surface area contributed by atoms with E-state index in [0.29, 0.717) is 0 Å². The molecule has 102 valence electrons. The van der Waals surface area contributed by atoms with Crippen molar-refractivity contribution >= 4 is 0 Å². The van der Waals surface area contributed by atoms with Crippen molar-refractivity contribution in [2.45, 2.75) is 6.54 Å². The second-order valence-electron chi connectivity index (χ2n) is 4.92. The van der Waals surface area contributed by atoms with E-state index in [-0.39, 0.29) is 0 Å². The number of hydrogen-bond donors (Lipinski definition) is 0. The molecule has 1 aliphatic rings. The van der Waals surface area contributed by atoms with Gasteiger partial charge >= 0.3 is 0 Å². The van der Waals surface area contributed by atoms with Crippen LogP contribution >= 0.6 is 0 Å². The first kappa shape index (κ1) is 14.0. The molecule has 0 bridgehead atoms. The molecule has 4 nitrogen and oxygen atoms in total. The first-order valence-electron chi connectivity index (χ1n) is 6.74. The number of hydrogen-bond acceptors (Lipinski definition) is 4. The molecule has 1 saturated heterocycles. The van der Waals surface area contributed by atoms with Crippen molar-refractivity contribution < 1.29 is 4.74 Å². The van der Waals surface area contributed by atoms with Crippen LogP contribution in [0.5, 0.6) is 0 Å². The summed E-state index contributed by atoms with van der Waals surface area (Å²) in [5.74, 6) is 0.